The molecule has 31 heavy (non-hydrogen) atoms. The molecule has 1 aromatic heterocycles. The largest absolute Gasteiger partial charge is 0.493 e. The third-order valence-corrected chi connectivity index (χ3v) is 6.96. The van der Waals surface area contributed by atoms with Crippen LogP contribution in [-0.4, -0.2) is 11.6 Å². The Labute approximate surface area is 190 Å². The molecule has 2 nitrogen and oxygen atoms in total. The van der Waals surface area contributed by atoms with Gasteiger partial charge in [-0.05, 0) is 73.4 Å². The van der Waals surface area contributed by atoms with Crippen LogP contribution >= 0.6 is 0 Å². The van der Waals surface area contributed by atoms with Crippen molar-refractivity contribution < 1.29 is 4.74 Å². The van der Waals surface area contributed by atoms with E-state index in [4.69, 9.17) is 4.74 Å². The molecule has 1 aromatic carbocycles. The van der Waals surface area contributed by atoms with Gasteiger partial charge in [0.2, 0.25) is 0 Å². The molecule has 1 aliphatic carbocycles. The van der Waals surface area contributed by atoms with Crippen LogP contribution in [0.1, 0.15) is 96.5 Å². The molecular formula is C29H43NO. The van der Waals surface area contributed by atoms with Crippen molar-refractivity contribution in [2.45, 2.75) is 97.3 Å². The molecule has 1 heterocycles. The van der Waals surface area contributed by atoms with Crippen molar-refractivity contribution in [2.24, 2.45) is 11.8 Å². The Morgan fingerprint density at radius 1 is 0.774 bits per heavy atom. The minimum absolute atomic E-state index is 0.730. The summed E-state index contributed by atoms with van der Waals surface area (Å²) in [5.74, 6) is 2.69. The quantitative estimate of drug-likeness (QED) is 0.302. The molecular weight excluding hydrogens is 378 g/mol. The fourth-order valence-corrected chi connectivity index (χ4v) is 4.80. The van der Waals surface area contributed by atoms with Crippen LogP contribution in [0.2, 0.25) is 0 Å². The topological polar surface area (TPSA) is 22.1 Å². The molecule has 1 fully saturated rings. The van der Waals surface area contributed by atoms with Gasteiger partial charge < -0.3 is 4.74 Å². The maximum absolute atomic E-state index is 6.14. The van der Waals surface area contributed by atoms with Gasteiger partial charge in [-0.25, -0.2) is 0 Å². The number of pyridine rings is 1. The summed E-state index contributed by atoms with van der Waals surface area (Å²) in [6.07, 6.45) is 19.5. The molecule has 0 spiro atoms. The van der Waals surface area contributed by atoms with Gasteiger partial charge in [-0.15, -0.1) is 0 Å². The molecule has 3 rings (SSSR count). The van der Waals surface area contributed by atoms with Gasteiger partial charge in [-0.2, -0.15) is 0 Å². The van der Waals surface area contributed by atoms with E-state index in [1.165, 1.54) is 82.6 Å². The van der Waals surface area contributed by atoms with Crippen LogP contribution in [0.25, 0.3) is 11.3 Å². The molecule has 0 aliphatic heterocycles. The van der Waals surface area contributed by atoms with Crippen LogP contribution in [0, 0.1) is 11.8 Å². The molecule has 0 atom stereocenters. The van der Waals surface area contributed by atoms with E-state index in [1.807, 2.05) is 6.20 Å². The van der Waals surface area contributed by atoms with E-state index in [0.29, 0.717) is 0 Å². The Morgan fingerprint density at radius 2 is 1.48 bits per heavy atom. The number of ether oxygens (including phenoxy) is 1. The van der Waals surface area contributed by atoms with E-state index in [1.54, 1.807) is 0 Å². The van der Waals surface area contributed by atoms with Gasteiger partial charge >= 0.3 is 0 Å². The summed E-state index contributed by atoms with van der Waals surface area (Å²) in [5, 5.41) is 0. The van der Waals surface area contributed by atoms with Crippen LogP contribution in [0.15, 0.2) is 42.6 Å². The molecule has 2 heteroatoms. The van der Waals surface area contributed by atoms with E-state index in [-0.39, 0.29) is 0 Å². The highest BCUT2D eigenvalue weighted by Crippen LogP contribution is 2.32. The average molecular weight is 422 g/mol. The number of hydrogen-bond donors (Lipinski definition) is 0. The summed E-state index contributed by atoms with van der Waals surface area (Å²) in [6, 6.07) is 12.9. The zero-order chi connectivity index (χ0) is 21.7. The lowest BCUT2D eigenvalue weighted by Gasteiger charge is -2.28. The molecule has 1 aliphatic rings. The predicted octanol–water partition coefficient (Wildman–Crippen LogP) is 8.64. The van der Waals surface area contributed by atoms with Crippen molar-refractivity contribution in [3.63, 3.8) is 0 Å². The Bertz CT molecular complexity index is 713. The van der Waals surface area contributed by atoms with E-state index >= 15 is 0 Å². The second kappa shape index (κ2) is 13.6. The SMILES string of the molecule is CCCCCCC1CCC(COc2ccc(-c3ccc(CCCCC)cn3)cc2)CC1. The van der Waals surface area contributed by atoms with E-state index in [0.717, 1.165) is 41.9 Å². The minimum atomic E-state index is 0.730. The lowest BCUT2D eigenvalue weighted by molar-refractivity contribution is 0.177. The first kappa shape index (κ1) is 23.8. The monoisotopic (exact) mass is 421 g/mol. The Balaban J connectivity index is 1.38. The van der Waals surface area contributed by atoms with Gasteiger partial charge in [0.1, 0.15) is 5.75 Å². The molecule has 0 unspecified atom stereocenters. The van der Waals surface area contributed by atoms with E-state index in [2.05, 4.69) is 55.2 Å². The van der Waals surface area contributed by atoms with Crippen molar-refractivity contribution in [1.29, 1.82) is 0 Å². The average Bonchev–Trinajstić information content (AvgIpc) is 2.82. The zero-order valence-electron chi connectivity index (χ0n) is 20.0. The number of hydrogen-bond acceptors (Lipinski definition) is 2. The van der Waals surface area contributed by atoms with Gasteiger partial charge in [-0.3, -0.25) is 4.98 Å². The number of rotatable bonds is 13. The Kier molecular flexibility index (Phi) is 10.4. The minimum Gasteiger partial charge on any atom is -0.493 e. The Hall–Kier alpha value is -1.83. The van der Waals surface area contributed by atoms with Gasteiger partial charge in [-0.1, -0.05) is 77.7 Å². The second-order valence-corrected chi connectivity index (χ2v) is 9.58. The summed E-state index contributed by atoms with van der Waals surface area (Å²) in [4.78, 5) is 4.67. The van der Waals surface area contributed by atoms with E-state index in [9.17, 15) is 0 Å². The first-order valence-corrected chi connectivity index (χ1v) is 13.0. The third kappa shape index (κ3) is 8.31. The number of unbranched alkanes of at least 4 members (excludes halogenated alkanes) is 5. The highest BCUT2D eigenvalue weighted by atomic mass is 16.5. The summed E-state index contributed by atoms with van der Waals surface area (Å²) < 4.78 is 6.14. The standard InChI is InChI=1S/C29H43NO/c1-3-5-7-9-10-24-12-14-26(15-13-24)23-31-28-19-17-27(18-20-28)29-21-16-25(22-30-29)11-8-6-4-2/h16-22,24,26H,3-15,23H2,1-2H3. The molecule has 1 saturated carbocycles. The summed E-state index contributed by atoms with van der Waals surface area (Å²) in [7, 11) is 0. The summed E-state index contributed by atoms with van der Waals surface area (Å²) in [6.45, 7) is 5.41. The maximum atomic E-state index is 6.14. The first-order valence-electron chi connectivity index (χ1n) is 13.0. The molecule has 0 saturated heterocycles. The maximum Gasteiger partial charge on any atom is 0.119 e. The number of nitrogens with zero attached hydrogens (tertiary/aromatic N) is 1. The fraction of sp³-hybridized carbons (Fsp3) is 0.621. The second-order valence-electron chi connectivity index (χ2n) is 9.58. The molecule has 0 amide bonds. The van der Waals surface area contributed by atoms with Crippen molar-refractivity contribution in [2.75, 3.05) is 6.61 Å². The van der Waals surface area contributed by atoms with Crippen LogP contribution in [0.5, 0.6) is 5.75 Å². The lowest BCUT2D eigenvalue weighted by Crippen LogP contribution is -2.20. The third-order valence-electron chi connectivity index (χ3n) is 6.96. The van der Waals surface area contributed by atoms with Crippen molar-refractivity contribution in [3.8, 4) is 17.0 Å². The highest BCUT2D eigenvalue weighted by Gasteiger charge is 2.21. The first-order chi connectivity index (χ1) is 15.3. The molecule has 170 valence electrons. The van der Waals surface area contributed by atoms with Crippen LogP contribution < -0.4 is 4.74 Å². The number of aryl methyl sites for hydroxylation is 1. The summed E-state index contributed by atoms with van der Waals surface area (Å²) in [5.41, 5.74) is 3.55. The van der Waals surface area contributed by atoms with Crippen LogP contribution in [-0.2, 0) is 6.42 Å². The molecule has 0 N–H and O–H groups in total. The highest BCUT2D eigenvalue weighted by molar-refractivity contribution is 5.60. The fourth-order valence-electron chi connectivity index (χ4n) is 4.80. The number of aromatic nitrogens is 1. The predicted molar refractivity (Wildman–Crippen MR) is 133 cm³/mol. The van der Waals surface area contributed by atoms with Crippen molar-refractivity contribution in [1.82, 2.24) is 4.98 Å². The van der Waals surface area contributed by atoms with Crippen molar-refractivity contribution in [3.05, 3.63) is 48.2 Å². The molecule has 2 aromatic rings. The molecule has 0 radical (unpaired) electrons. The zero-order valence-corrected chi connectivity index (χ0v) is 20.0. The normalized spacial score (nSPS) is 18.8. The van der Waals surface area contributed by atoms with Gasteiger partial charge in [0.25, 0.3) is 0 Å². The summed E-state index contributed by atoms with van der Waals surface area (Å²) >= 11 is 0. The molecule has 0 bridgehead atoms. The smallest absolute Gasteiger partial charge is 0.119 e. The van der Waals surface area contributed by atoms with E-state index < -0.39 is 0 Å². The van der Waals surface area contributed by atoms with Crippen LogP contribution in [0.4, 0.5) is 0 Å². The Morgan fingerprint density at radius 3 is 2.16 bits per heavy atom. The van der Waals surface area contributed by atoms with Gasteiger partial charge in [0, 0.05) is 11.8 Å². The van der Waals surface area contributed by atoms with Gasteiger partial charge in [0.05, 0.1) is 12.3 Å². The van der Waals surface area contributed by atoms with Crippen molar-refractivity contribution >= 4 is 0 Å². The lowest BCUT2D eigenvalue weighted by atomic mass is 9.80. The van der Waals surface area contributed by atoms with Crippen LogP contribution in [0.3, 0.4) is 0 Å². The van der Waals surface area contributed by atoms with Gasteiger partial charge in [0.15, 0.2) is 0 Å². The number of benzene rings is 1.